The lowest BCUT2D eigenvalue weighted by Crippen LogP contribution is -2.46. The van der Waals surface area contributed by atoms with Crippen LogP contribution in [0.4, 0.5) is 0 Å². The van der Waals surface area contributed by atoms with Crippen molar-refractivity contribution in [1.29, 1.82) is 0 Å². The number of aliphatic carboxylic acids is 1. The average Bonchev–Trinajstić information content (AvgIpc) is 3.29. The van der Waals surface area contributed by atoms with Gasteiger partial charge >= 0.3 is 5.97 Å². The first-order chi connectivity index (χ1) is 14.5. The van der Waals surface area contributed by atoms with Crippen LogP contribution in [-0.4, -0.2) is 54.3 Å². The molecule has 30 heavy (non-hydrogen) atoms. The number of rotatable bonds is 6. The number of aliphatic imine (C=N–C) groups is 1. The first-order valence-corrected chi connectivity index (χ1v) is 11.3. The number of piperidine rings is 1. The molecule has 1 aromatic carbocycles. The fourth-order valence-corrected chi connectivity index (χ4v) is 5.44. The first kappa shape index (κ1) is 20.9. The summed E-state index contributed by atoms with van der Waals surface area (Å²) in [5.74, 6) is 0.762. The minimum absolute atomic E-state index is 0.0847. The van der Waals surface area contributed by atoms with Gasteiger partial charge in [0.25, 0.3) is 0 Å². The summed E-state index contributed by atoms with van der Waals surface area (Å²) in [7, 11) is 1.67. The van der Waals surface area contributed by atoms with Gasteiger partial charge in [-0.05, 0) is 73.3 Å². The van der Waals surface area contributed by atoms with Gasteiger partial charge in [-0.3, -0.25) is 14.6 Å². The summed E-state index contributed by atoms with van der Waals surface area (Å²) in [5.41, 5.74) is 3.44. The van der Waals surface area contributed by atoms with Crippen molar-refractivity contribution < 1.29 is 19.4 Å². The third-order valence-corrected chi connectivity index (χ3v) is 7.11. The summed E-state index contributed by atoms with van der Waals surface area (Å²) < 4.78 is 5.37. The van der Waals surface area contributed by atoms with E-state index in [0.717, 1.165) is 68.5 Å². The van der Waals surface area contributed by atoms with Crippen LogP contribution in [0.15, 0.2) is 23.2 Å². The van der Waals surface area contributed by atoms with Crippen LogP contribution in [0.3, 0.4) is 0 Å². The molecular formula is C24H32N2O4. The number of ether oxygens (including phenoxy) is 1. The Morgan fingerprint density at radius 3 is 2.73 bits per heavy atom. The molecule has 2 aliphatic heterocycles. The largest absolute Gasteiger partial charge is 0.497 e. The zero-order valence-electron chi connectivity index (χ0n) is 17.8. The third-order valence-electron chi connectivity index (χ3n) is 7.11. The van der Waals surface area contributed by atoms with Crippen LogP contribution >= 0.6 is 0 Å². The average molecular weight is 413 g/mol. The quantitative estimate of drug-likeness (QED) is 0.775. The molecule has 0 spiro atoms. The normalized spacial score (nSPS) is 24.3. The molecule has 1 aliphatic carbocycles. The number of carboxylic acids is 1. The van der Waals surface area contributed by atoms with Crippen LogP contribution in [0, 0.1) is 17.8 Å². The number of nitrogens with zero attached hydrogens (tertiary/aromatic N) is 2. The monoisotopic (exact) mass is 412 g/mol. The second-order valence-corrected chi connectivity index (χ2v) is 8.98. The summed E-state index contributed by atoms with van der Waals surface area (Å²) in [5, 5.41) is 9.43. The summed E-state index contributed by atoms with van der Waals surface area (Å²) in [6.07, 6.45) is 6.84. The molecule has 1 amide bonds. The highest BCUT2D eigenvalue weighted by Crippen LogP contribution is 2.35. The Labute approximate surface area is 178 Å². The Balaban J connectivity index is 1.52. The van der Waals surface area contributed by atoms with E-state index in [1.807, 2.05) is 11.0 Å². The maximum absolute atomic E-state index is 13.0. The van der Waals surface area contributed by atoms with Crippen LogP contribution in [0.2, 0.25) is 0 Å². The van der Waals surface area contributed by atoms with Gasteiger partial charge in [0.15, 0.2) is 0 Å². The Kier molecular flexibility index (Phi) is 6.40. The molecule has 3 aliphatic rings. The second kappa shape index (κ2) is 9.19. The Hall–Kier alpha value is -2.37. The molecule has 0 unspecified atom stereocenters. The smallest absolute Gasteiger partial charge is 0.303 e. The highest BCUT2D eigenvalue weighted by molar-refractivity contribution is 6.03. The van der Waals surface area contributed by atoms with Gasteiger partial charge in [0.05, 0.1) is 7.11 Å². The molecule has 0 radical (unpaired) electrons. The van der Waals surface area contributed by atoms with E-state index in [0.29, 0.717) is 13.1 Å². The molecular weight excluding hydrogens is 380 g/mol. The Morgan fingerprint density at radius 2 is 2.00 bits per heavy atom. The molecule has 6 nitrogen and oxygen atoms in total. The molecule has 1 N–H and O–H groups in total. The highest BCUT2D eigenvalue weighted by Gasteiger charge is 2.36. The molecule has 2 atom stereocenters. The fraction of sp³-hybridized carbons (Fsp3) is 0.625. The summed E-state index contributed by atoms with van der Waals surface area (Å²) in [4.78, 5) is 31.3. The van der Waals surface area contributed by atoms with Gasteiger partial charge < -0.3 is 14.7 Å². The molecule has 1 saturated carbocycles. The number of fused-ring (bicyclic) bond motifs is 1. The predicted octanol–water partition coefficient (Wildman–Crippen LogP) is 3.56. The van der Waals surface area contributed by atoms with Crippen molar-refractivity contribution in [2.45, 2.75) is 51.4 Å². The minimum Gasteiger partial charge on any atom is -0.497 e. The van der Waals surface area contributed by atoms with Crippen molar-refractivity contribution in [1.82, 2.24) is 4.90 Å². The lowest BCUT2D eigenvalue weighted by molar-refractivity contribution is -0.141. The summed E-state index contributed by atoms with van der Waals surface area (Å²) in [6, 6.07) is 6.11. The fourth-order valence-electron chi connectivity index (χ4n) is 5.44. The molecule has 2 fully saturated rings. The molecule has 2 heterocycles. The van der Waals surface area contributed by atoms with Crippen LogP contribution in [0.1, 0.15) is 56.1 Å². The van der Waals surface area contributed by atoms with Crippen molar-refractivity contribution in [2.24, 2.45) is 22.7 Å². The van der Waals surface area contributed by atoms with E-state index < -0.39 is 5.97 Å². The molecule has 6 heteroatoms. The number of carbonyl (C=O) groups excluding carboxylic acids is 1. The number of hydrogen-bond donors (Lipinski definition) is 1. The topological polar surface area (TPSA) is 79.2 Å². The van der Waals surface area contributed by atoms with Gasteiger partial charge in [-0.15, -0.1) is 0 Å². The third kappa shape index (κ3) is 4.52. The van der Waals surface area contributed by atoms with E-state index >= 15 is 0 Å². The summed E-state index contributed by atoms with van der Waals surface area (Å²) >= 11 is 0. The number of benzene rings is 1. The van der Waals surface area contributed by atoms with E-state index in [4.69, 9.17) is 9.73 Å². The standard InChI is InChI=1S/C24H32N2O4/c1-30-20-6-7-21-18(12-20)8-10-25-22(21)13-19-15-26(11-9-17(19)14-23(27)28)24(29)16-4-2-3-5-16/h6-7,12,16-17,19H,2-5,8-11,13-15H2,1H3,(H,27,28)/t17-,19-/m0/s1. The molecule has 0 bridgehead atoms. The van der Waals surface area contributed by atoms with Crippen LogP contribution in [0.25, 0.3) is 0 Å². The lowest BCUT2D eigenvalue weighted by atomic mass is 9.78. The maximum atomic E-state index is 13.0. The maximum Gasteiger partial charge on any atom is 0.303 e. The zero-order chi connectivity index (χ0) is 21.1. The van der Waals surface area contributed by atoms with Crippen molar-refractivity contribution >= 4 is 17.6 Å². The number of carbonyl (C=O) groups is 2. The van der Waals surface area contributed by atoms with Crippen molar-refractivity contribution in [3.63, 3.8) is 0 Å². The first-order valence-electron chi connectivity index (χ1n) is 11.3. The number of carboxylic acid groups (broad SMARTS) is 1. The highest BCUT2D eigenvalue weighted by atomic mass is 16.5. The number of hydrogen-bond acceptors (Lipinski definition) is 4. The SMILES string of the molecule is COc1ccc2c(c1)CCN=C2C[C@H]1CN(C(=O)C2CCCC2)CC[C@H]1CC(=O)O. The zero-order valence-corrected chi connectivity index (χ0v) is 17.8. The van der Waals surface area contributed by atoms with Crippen LogP contribution in [-0.2, 0) is 16.0 Å². The predicted molar refractivity (Wildman–Crippen MR) is 115 cm³/mol. The van der Waals surface area contributed by atoms with Gasteiger partial charge in [-0.1, -0.05) is 12.8 Å². The second-order valence-electron chi connectivity index (χ2n) is 8.98. The van der Waals surface area contributed by atoms with Gasteiger partial charge in [-0.25, -0.2) is 0 Å². The molecule has 1 aromatic rings. The number of amides is 1. The van der Waals surface area contributed by atoms with Crippen LogP contribution in [0.5, 0.6) is 5.75 Å². The Bertz CT molecular complexity index is 828. The number of methoxy groups -OCH3 is 1. The van der Waals surface area contributed by atoms with E-state index in [2.05, 4.69) is 12.1 Å². The van der Waals surface area contributed by atoms with E-state index in [-0.39, 0.29) is 30.1 Å². The minimum atomic E-state index is -0.753. The summed E-state index contributed by atoms with van der Waals surface area (Å²) in [6.45, 7) is 2.08. The lowest BCUT2D eigenvalue weighted by Gasteiger charge is -2.39. The van der Waals surface area contributed by atoms with E-state index in [1.165, 1.54) is 5.56 Å². The number of likely N-dealkylation sites (tertiary alicyclic amines) is 1. The molecule has 0 aromatic heterocycles. The van der Waals surface area contributed by atoms with Gasteiger partial charge in [0.2, 0.25) is 5.91 Å². The van der Waals surface area contributed by atoms with Crippen molar-refractivity contribution in [2.75, 3.05) is 26.7 Å². The van der Waals surface area contributed by atoms with Crippen molar-refractivity contribution in [3.05, 3.63) is 29.3 Å². The Morgan fingerprint density at radius 1 is 1.20 bits per heavy atom. The van der Waals surface area contributed by atoms with E-state index in [1.54, 1.807) is 7.11 Å². The van der Waals surface area contributed by atoms with Crippen molar-refractivity contribution in [3.8, 4) is 5.75 Å². The van der Waals surface area contributed by atoms with Gasteiger partial charge in [0.1, 0.15) is 5.75 Å². The molecule has 4 rings (SSSR count). The van der Waals surface area contributed by atoms with E-state index in [9.17, 15) is 14.7 Å². The van der Waals surface area contributed by atoms with Gasteiger partial charge in [-0.2, -0.15) is 0 Å². The molecule has 1 saturated heterocycles. The van der Waals surface area contributed by atoms with Gasteiger partial charge in [0, 0.05) is 37.7 Å². The van der Waals surface area contributed by atoms with Crippen LogP contribution < -0.4 is 4.74 Å². The molecule has 162 valence electrons.